The normalized spacial score (nSPS) is 17.4. The van der Waals surface area contributed by atoms with E-state index in [4.69, 9.17) is 10.5 Å². The number of piperidine rings is 1. The monoisotopic (exact) mass is 276 g/mol. The number of rotatable bonds is 8. The van der Waals surface area contributed by atoms with E-state index in [-0.39, 0.29) is 0 Å². The van der Waals surface area contributed by atoms with Crippen molar-refractivity contribution in [2.75, 3.05) is 32.8 Å². The second kappa shape index (κ2) is 9.11. The fourth-order valence-corrected chi connectivity index (χ4v) is 2.69. The van der Waals surface area contributed by atoms with Gasteiger partial charge in [-0.25, -0.2) is 0 Å². The first kappa shape index (κ1) is 15.5. The first-order valence-electron chi connectivity index (χ1n) is 7.94. The van der Waals surface area contributed by atoms with Crippen LogP contribution in [0.5, 0.6) is 0 Å². The van der Waals surface area contributed by atoms with Crippen molar-refractivity contribution < 1.29 is 4.74 Å². The highest BCUT2D eigenvalue weighted by molar-refractivity contribution is 5.14. The number of aryl methyl sites for hydroxylation is 1. The lowest BCUT2D eigenvalue weighted by molar-refractivity contribution is 0.114. The summed E-state index contributed by atoms with van der Waals surface area (Å²) in [5, 5.41) is 0. The summed E-state index contributed by atoms with van der Waals surface area (Å²) in [6.45, 7) is 5.24. The van der Waals surface area contributed by atoms with E-state index in [2.05, 4.69) is 35.2 Å². The molecule has 2 N–H and O–H groups in total. The zero-order valence-corrected chi connectivity index (χ0v) is 12.5. The Morgan fingerprint density at radius 1 is 1.05 bits per heavy atom. The number of nitrogens with two attached hydrogens (primary N) is 1. The summed E-state index contributed by atoms with van der Waals surface area (Å²) in [4.78, 5) is 2.51. The van der Waals surface area contributed by atoms with Crippen LogP contribution in [-0.4, -0.2) is 43.8 Å². The third-order valence-corrected chi connectivity index (χ3v) is 3.99. The minimum atomic E-state index is 0.431. The molecular formula is C17H28N2O. The minimum Gasteiger partial charge on any atom is -0.381 e. The summed E-state index contributed by atoms with van der Waals surface area (Å²) in [5.74, 6) is 0. The van der Waals surface area contributed by atoms with Crippen LogP contribution < -0.4 is 5.73 Å². The molecule has 1 saturated heterocycles. The van der Waals surface area contributed by atoms with Crippen molar-refractivity contribution in [1.29, 1.82) is 0 Å². The maximum atomic E-state index is 5.90. The van der Waals surface area contributed by atoms with Gasteiger partial charge in [0.05, 0.1) is 0 Å². The van der Waals surface area contributed by atoms with E-state index in [0.29, 0.717) is 6.04 Å². The highest BCUT2D eigenvalue weighted by atomic mass is 16.5. The fourth-order valence-electron chi connectivity index (χ4n) is 2.69. The van der Waals surface area contributed by atoms with E-state index in [1.807, 2.05) is 0 Å². The second-order valence-corrected chi connectivity index (χ2v) is 5.73. The van der Waals surface area contributed by atoms with Crippen molar-refractivity contribution in [3.8, 4) is 0 Å². The van der Waals surface area contributed by atoms with E-state index in [1.54, 1.807) is 0 Å². The SMILES string of the molecule is NC1CCN(CCCOCCCc2ccccc2)CC1. The van der Waals surface area contributed by atoms with Crippen molar-refractivity contribution in [2.45, 2.75) is 38.1 Å². The van der Waals surface area contributed by atoms with Gasteiger partial charge < -0.3 is 15.4 Å². The van der Waals surface area contributed by atoms with E-state index < -0.39 is 0 Å². The minimum absolute atomic E-state index is 0.431. The predicted octanol–water partition coefficient (Wildman–Crippen LogP) is 2.45. The molecule has 0 saturated carbocycles. The van der Waals surface area contributed by atoms with E-state index in [0.717, 1.165) is 65.0 Å². The van der Waals surface area contributed by atoms with Crippen LogP contribution in [0.3, 0.4) is 0 Å². The molecule has 0 unspecified atom stereocenters. The molecule has 1 aromatic rings. The predicted molar refractivity (Wildman–Crippen MR) is 83.8 cm³/mol. The van der Waals surface area contributed by atoms with Gasteiger partial charge in [-0.05, 0) is 50.8 Å². The van der Waals surface area contributed by atoms with Gasteiger partial charge in [0, 0.05) is 25.8 Å². The lowest BCUT2D eigenvalue weighted by Crippen LogP contribution is -2.40. The maximum absolute atomic E-state index is 5.90. The Hall–Kier alpha value is -0.900. The van der Waals surface area contributed by atoms with Gasteiger partial charge in [-0.15, -0.1) is 0 Å². The Morgan fingerprint density at radius 3 is 2.50 bits per heavy atom. The number of ether oxygens (including phenoxy) is 1. The van der Waals surface area contributed by atoms with Gasteiger partial charge in [0.1, 0.15) is 0 Å². The molecule has 3 heteroatoms. The molecule has 1 aliphatic rings. The van der Waals surface area contributed by atoms with Crippen LogP contribution in [-0.2, 0) is 11.2 Å². The molecule has 1 aromatic carbocycles. The highest BCUT2D eigenvalue weighted by Gasteiger charge is 2.14. The van der Waals surface area contributed by atoms with Crippen molar-refractivity contribution in [2.24, 2.45) is 5.73 Å². The topological polar surface area (TPSA) is 38.5 Å². The Labute approximate surface area is 123 Å². The molecule has 2 rings (SSSR count). The van der Waals surface area contributed by atoms with E-state index in [1.165, 1.54) is 5.56 Å². The average Bonchev–Trinajstić information content (AvgIpc) is 2.49. The molecule has 0 aromatic heterocycles. The third kappa shape index (κ3) is 6.04. The van der Waals surface area contributed by atoms with Crippen LogP contribution in [0.4, 0.5) is 0 Å². The van der Waals surface area contributed by atoms with Crippen LogP contribution in [0, 0.1) is 0 Å². The zero-order chi connectivity index (χ0) is 14.0. The van der Waals surface area contributed by atoms with Gasteiger partial charge in [0.25, 0.3) is 0 Å². The average molecular weight is 276 g/mol. The summed E-state index contributed by atoms with van der Waals surface area (Å²) in [5.41, 5.74) is 7.31. The first-order valence-corrected chi connectivity index (χ1v) is 7.94. The highest BCUT2D eigenvalue weighted by Crippen LogP contribution is 2.08. The Morgan fingerprint density at radius 2 is 1.75 bits per heavy atom. The molecule has 0 spiro atoms. The van der Waals surface area contributed by atoms with Crippen molar-refractivity contribution in [3.05, 3.63) is 35.9 Å². The number of hydrogen-bond acceptors (Lipinski definition) is 3. The Bertz CT molecular complexity index is 347. The van der Waals surface area contributed by atoms with Gasteiger partial charge in [-0.2, -0.15) is 0 Å². The van der Waals surface area contributed by atoms with Crippen molar-refractivity contribution in [3.63, 3.8) is 0 Å². The number of hydrogen-bond donors (Lipinski definition) is 1. The molecule has 1 aliphatic heterocycles. The summed E-state index contributed by atoms with van der Waals surface area (Å²) in [6, 6.07) is 11.1. The Balaban J connectivity index is 1.42. The van der Waals surface area contributed by atoms with Crippen LogP contribution in [0.25, 0.3) is 0 Å². The van der Waals surface area contributed by atoms with Gasteiger partial charge in [0.2, 0.25) is 0 Å². The molecule has 0 radical (unpaired) electrons. The van der Waals surface area contributed by atoms with Gasteiger partial charge in [-0.1, -0.05) is 30.3 Å². The second-order valence-electron chi connectivity index (χ2n) is 5.73. The largest absolute Gasteiger partial charge is 0.381 e. The zero-order valence-electron chi connectivity index (χ0n) is 12.5. The van der Waals surface area contributed by atoms with Crippen LogP contribution in [0.15, 0.2) is 30.3 Å². The molecule has 1 heterocycles. The maximum Gasteiger partial charge on any atom is 0.0478 e. The lowest BCUT2D eigenvalue weighted by Gasteiger charge is -2.29. The van der Waals surface area contributed by atoms with E-state index in [9.17, 15) is 0 Å². The lowest BCUT2D eigenvalue weighted by atomic mass is 10.1. The number of nitrogens with zero attached hydrogens (tertiary/aromatic N) is 1. The molecule has 1 fully saturated rings. The molecule has 20 heavy (non-hydrogen) atoms. The number of likely N-dealkylation sites (tertiary alicyclic amines) is 1. The standard InChI is InChI=1S/C17H28N2O/c18-17-9-12-19(13-10-17)11-5-15-20-14-4-8-16-6-2-1-3-7-16/h1-3,6-7,17H,4-5,8-15,18H2. The van der Waals surface area contributed by atoms with Crippen LogP contribution in [0.2, 0.25) is 0 Å². The molecule has 0 amide bonds. The smallest absolute Gasteiger partial charge is 0.0478 e. The summed E-state index contributed by atoms with van der Waals surface area (Å²) in [7, 11) is 0. The number of benzene rings is 1. The molecule has 0 bridgehead atoms. The molecule has 0 aliphatic carbocycles. The van der Waals surface area contributed by atoms with Gasteiger partial charge in [0.15, 0.2) is 0 Å². The first-order chi connectivity index (χ1) is 9.84. The van der Waals surface area contributed by atoms with Crippen molar-refractivity contribution >= 4 is 0 Å². The molecule has 3 nitrogen and oxygen atoms in total. The van der Waals surface area contributed by atoms with Gasteiger partial charge >= 0.3 is 0 Å². The molecular weight excluding hydrogens is 248 g/mol. The third-order valence-electron chi connectivity index (χ3n) is 3.99. The van der Waals surface area contributed by atoms with Gasteiger partial charge in [-0.3, -0.25) is 0 Å². The molecule has 0 atom stereocenters. The quantitative estimate of drug-likeness (QED) is 0.741. The Kier molecular flexibility index (Phi) is 7.06. The van der Waals surface area contributed by atoms with Crippen LogP contribution >= 0.6 is 0 Å². The van der Waals surface area contributed by atoms with Crippen LogP contribution in [0.1, 0.15) is 31.2 Å². The fraction of sp³-hybridized carbons (Fsp3) is 0.647. The van der Waals surface area contributed by atoms with Crippen molar-refractivity contribution in [1.82, 2.24) is 4.90 Å². The summed E-state index contributed by atoms with van der Waals surface area (Å²) >= 11 is 0. The van der Waals surface area contributed by atoms with E-state index >= 15 is 0 Å². The molecule has 112 valence electrons. The summed E-state index contributed by atoms with van der Waals surface area (Å²) < 4.78 is 5.72. The summed E-state index contributed by atoms with van der Waals surface area (Å²) in [6.07, 6.45) is 5.67.